The molecule has 9 heteroatoms. The van der Waals surface area contributed by atoms with Crippen LogP contribution in [0, 0.1) is 0 Å². The Labute approximate surface area is 107 Å². The van der Waals surface area contributed by atoms with Crippen LogP contribution in [0.4, 0.5) is 0 Å². The van der Waals surface area contributed by atoms with Gasteiger partial charge in [-0.25, -0.2) is 22.9 Å². The third-order valence-corrected chi connectivity index (χ3v) is 4.14. The first-order valence-electron chi connectivity index (χ1n) is 4.77. The molecule has 0 spiro atoms. The normalized spacial score (nSPS) is 11.6. The van der Waals surface area contributed by atoms with E-state index in [0.717, 1.165) is 12.3 Å². The molecule has 18 heavy (non-hydrogen) atoms. The van der Waals surface area contributed by atoms with E-state index in [2.05, 4.69) is 14.7 Å². The fourth-order valence-electron chi connectivity index (χ4n) is 1.23. The van der Waals surface area contributed by atoms with E-state index in [4.69, 9.17) is 5.11 Å². The Morgan fingerprint density at radius 2 is 2.33 bits per heavy atom. The third kappa shape index (κ3) is 2.75. The summed E-state index contributed by atoms with van der Waals surface area (Å²) in [6.07, 6.45) is 1.13. The van der Waals surface area contributed by atoms with Gasteiger partial charge in [0.05, 0.1) is 17.7 Å². The van der Waals surface area contributed by atoms with Gasteiger partial charge >= 0.3 is 5.97 Å². The number of nitrogens with zero attached hydrogens (tertiary/aromatic N) is 1. The molecule has 0 aliphatic carbocycles. The van der Waals surface area contributed by atoms with Crippen molar-refractivity contribution in [3.05, 3.63) is 34.5 Å². The molecule has 2 aromatic heterocycles. The molecule has 7 nitrogen and oxygen atoms in total. The molecule has 0 bridgehead atoms. The highest BCUT2D eigenvalue weighted by atomic mass is 32.2. The lowest BCUT2D eigenvalue weighted by molar-refractivity contribution is 0.0691. The second-order valence-electron chi connectivity index (χ2n) is 3.36. The van der Waals surface area contributed by atoms with Gasteiger partial charge in [0.2, 0.25) is 10.0 Å². The van der Waals surface area contributed by atoms with Crippen LogP contribution in [0.1, 0.15) is 16.2 Å². The Kier molecular flexibility index (Phi) is 3.45. The van der Waals surface area contributed by atoms with E-state index in [1.165, 1.54) is 11.3 Å². The minimum atomic E-state index is -3.73. The number of aromatic carboxylic acids is 1. The van der Waals surface area contributed by atoms with E-state index >= 15 is 0 Å². The van der Waals surface area contributed by atoms with Gasteiger partial charge in [-0.05, 0) is 6.07 Å². The number of aromatic amines is 1. The number of sulfonamides is 1. The van der Waals surface area contributed by atoms with Crippen molar-refractivity contribution < 1.29 is 18.3 Å². The Morgan fingerprint density at radius 1 is 1.56 bits per heavy atom. The summed E-state index contributed by atoms with van der Waals surface area (Å²) in [6.45, 7) is 0.0689. The lowest BCUT2D eigenvalue weighted by Crippen LogP contribution is -2.22. The molecule has 2 heterocycles. The summed E-state index contributed by atoms with van der Waals surface area (Å²) in [4.78, 5) is 16.8. The molecule has 0 aromatic carbocycles. The van der Waals surface area contributed by atoms with E-state index in [9.17, 15) is 13.2 Å². The molecule has 0 aliphatic rings. The summed E-state index contributed by atoms with van der Waals surface area (Å²) < 4.78 is 26.0. The Bertz CT molecular complexity index is 645. The van der Waals surface area contributed by atoms with Gasteiger partial charge in [0.15, 0.2) is 0 Å². The molecule has 2 rings (SSSR count). The average Bonchev–Trinajstić information content (AvgIpc) is 2.98. The Hall–Kier alpha value is -1.71. The molecular formula is C9H9N3O4S2. The second kappa shape index (κ2) is 4.88. The van der Waals surface area contributed by atoms with Crippen molar-refractivity contribution in [1.82, 2.24) is 14.7 Å². The second-order valence-corrected chi connectivity index (χ2v) is 5.84. The van der Waals surface area contributed by atoms with Crippen LogP contribution in [0.15, 0.2) is 28.0 Å². The number of hydrogen-bond acceptors (Lipinski definition) is 5. The first-order chi connectivity index (χ1) is 8.49. The van der Waals surface area contributed by atoms with Crippen molar-refractivity contribution in [3.8, 4) is 0 Å². The monoisotopic (exact) mass is 287 g/mol. The first-order valence-corrected chi connectivity index (χ1v) is 7.20. The molecule has 0 unspecified atom stereocenters. The van der Waals surface area contributed by atoms with Crippen molar-refractivity contribution in [1.29, 1.82) is 0 Å². The van der Waals surface area contributed by atoms with Gasteiger partial charge in [0.1, 0.15) is 10.6 Å². The predicted molar refractivity (Wildman–Crippen MR) is 63.9 cm³/mol. The number of aromatic nitrogens is 2. The Morgan fingerprint density at radius 3 is 2.89 bits per heavy atom. The summed E-state index contributed by atoms with van der Waals surface area (Å²) in [6, 6.07) is 1.06. The summed E-state index contributed by atoms with van der Waals surface area (Å²) in [5, 5.41) is 10.4. The van der Waals surface area contributed by atoms with Crippen LogP contribution in [0.25, 0.3) is 0 Å². The molecule has 0 atom stereocenters. The highest BCUT2D eigenvalue weighted by Gasteiger charge is 2.18. The minimum absolute atomic E-state index is 0.0689. The summed E-state index contributed by atoms with van der Waals surface area (Å²) in [5.74, 6) is -1.21. The zero-order chi connectivity index (χ0) is 13.2. The standard InChI is InChI=1S/C9H9N3O4S2/c13-9(14)8-1-7(3-10-8)18(15,16)12-2-6-4-17-5-11-6/h1,3-5,10,12H,2H2,(H,13,14). The van der Waals surface area contributed by atoms with Gasteiger partial charge in [-0.3, -0.25) is 0 Å². The van der Waals surface area contributed by atoms with Crippen molar-refractivity contribution in [3.63, 3.8) is 0 Å². The number of hydrogen-bond donors (Lipinski definition) is 3. The fourth-order valence-corrected chi connectivity index (χ4v) is 2.78. The highest BCUT2D eigenvalue weighted by Crippen LogP contribution is 2.11. The number of carbonyl (C=O) groups is 1. The molecule has 0 amide bonds. The van der Waals surface area contributed by atoms with Gasteiger partial charge in [-0.1, -0.05) is 0 Å². The van der Waals surface area contributed by atoms with Crippen molar-refractivity contribution in [2.24, 2.45) is 0 Å². The Balaban J connectivity index is 2.12. The number of nitrogens with one attached hydrogen (secondary N) is 2. The van der Waals surface area contributed by atoms with Gasteiger partial charge in [0.25, 0.3) is 0 Å². The number of rotatable bonds is 5. The van der Waals surface area contributed by atoms with Crippen LogP contribution < -0.4 is 4.72 Å². The summed E-state index contributed by atoms with van der Waals surface area (Å²) >= 11 is 1.36. The average molecular weight is 287 g/mol. The van der Waals surface area contributed by atoms with Crippen LogP contribution >= 0.6 is 11.3 Å². The van der Waals surface area contributed by atoms with Crippen LogP contribution in [-0.4, -0.2) is 29.5 Å². The molecule has 3 N–H and O–H groups in total. The third-order valence-electron chi connectivity index (χ3n) is 2.12. The maximum Gasteiger partial charge on any atom is 0.352 e. The smallest absolute Gasteiger partial charge is 0.352 e. The van der Waals surface area contributed by atoms with Gasteiger partial charge in [-0.2, -0.15) is 0 Å². The minimum Gasteiger partial charge on any atom is -0.477 e. The zero-order valence-corrected chi connectivity index (χ0v) is 10.6. The van der Waals surface area contributed by atoms with Crippen molar-refractivity contribution in [2.45, 2.75) is 11.4 Å². The van der Waals surface area contributed by atoms with E-state index in [0.29, 0.717) is 5.69 Å². The molecule has 0 saturated heterocycles. The van der Waals surface area contributed by atoms with Crippen LogP contribution in [0.5, 0.6) is 0 Å². The van der Waals surface area contributed by atoms with Crippen LogP contribution in [0.2, 0.25) is 0 Å². The molecule has 0 aliphatic heterocycles. The number of carboxylic acids is 1. The largest absolute Gasteiger partial charge is 0.477 e. The van der Waals surface area contributed by atoms with Gasteiger partial charge in [0, 0.05) is 11.6 Å². The first kappa shape index (κ1) is 12.7. The van der Waals surface area contributed by atoms with Crippen LogP contribution in [0.3, 0.4) is 0 Å². The lowest BCUT2D eigenvalue weighted by Gasteiger charge is -2.02. The maximum absolute atomic E-state index is 11.8. The quantitative estimate of drug-likeness (QED) is 0.747. The molecular weight excluding hydrogens is 278 g/mol. The SMILES string of the molecule is O=C(O)c1cc(S(=O)(=O)NCc2cscn2)c[nH]1. The summed E-state index contributed by atoms with van der Waals surface area (Å²) in [7, 11) is -3.73. The van der Waals surface area contributed by atoms with Gasteiger partial charge < -0.3 is 10.1 Å². The molecule has 0 radical (unpaired) electrons. The maximum atomic E-state index is 11.8. The highest BCUT2D eigenvalue weighted by molar-refractivity contribution is 7.89. The molecule has 0 fully saturated rings. The number of carboxylic acid groups (broad SMARTS) is 1. The van der Waals surface area contributed by atoms with Crippen molar-refractivity contribution >= 4 is 27.3 Å². The fraction of sp³-hybridized carbons (Fsp3) is 0.111. The molecule has 0 saturated carbocycles. The number of thiazole rings is 1. The van der Waals surface area contributed by atoms with E-state index in [-0.39, 0.29) is 17.1 Å². The van der Waals surface area contributed by atoms with E-state index < -0.39 is 16.0 Å². The number of H-pyrrole nitrogens is 1. The van der Waals surface area contributed by atoms with Crippen LogP contribution in [-0.2, 0) is 16.6 Å². The zero-order valence-electron chi connectivity index (χ0n) is 8.95. The topological polar surface area (TPSA) is 112 Å². The predicted octanol–water partition coefficient (Wildman–Crippen LogP) is 0.648. The van der Waals surface area contributed by atoms with E-state index in [1.807, 2.05) is 0 Å². The molecule has 2 aromatic rings. The molecule has 96 valence electrons. The van der Waals surface area contributed by atoms with Gasteiger partial charge in [-0.15, -0.1) is 11.3 Å². The van der Waals surface area contributed by atoms with E-state index in [1.54, 1.807) is 10.9 Å². The lowest BCUT2D eigenvalue weighted by atomic mass is 10.4. The summed E-state index contributed by atoms with van der Waals surface area (Å²) in [5.41, 5.74) is 2.03. The van der Waals surface area contributed by atoms with Crippen molar-refractivity contribution in [2.75, 3.05) is 0 Å².